The molecule has 102 valence electrons. The van der Waals surface area contributed by atoms with Crippen molar-refractivity contribution in [2.75, 3.05) is 7.05 Å². The van der Waals surface area contributed by atoms with Crippen molar-refractivity contribution in [2.24, 2.45) is 7.05 Å². The van der Waals surface area contributed by atoms with Crippen molar-refractivity contribution >= 4 is 15.9 Å². The van der Waals surface area contributed by atoms with Gasteiger partial charge in [0, 0.05) is 7.05 Å². The van der Waals surface area contributed by atoms with Gasteiger partial charge in [0.1, 0.15) is 0 Å². The molecule has 4 nitrogen and oxygen atoms in total. The van der Waals surface area contributed by atoms with Crippen LogP contribution in [0.2, 0.25) is 0 Å². The van der Waals surface area contributed by atoms with E-state index in [4.69, 9.17) is 0 Å². The predicted molar refractivity (Wildman–Crippen MR) is 80.1 cm³/mol. The highest BCUT2D eigenvalue weighted by Crippen LogP contribution is 2.24. The van der Waals surface area contributed by atoms with Crippen LogP contribution in [0, 0.1) is 13.8 Å². The Bertz CT molecular complexity index is 557. The van der Waals surface area contributed by atoms with Crippen molar-refractivity contribution < 1.29 is 0 Å². The van der Waals surface area contributed by atoms with Crippen LogP contribution < -0.4 is 5.32 Å². The van der Waals surface area contributed by atoms with E-state index in [9.17, 15) is 0 Å². The fourth-order valence-electron chi connectivity index (χ4n) is 2.21. The van der Waals surface area contributed by atoms with Gasteiger partial charge in [-0.3, -0.25) is 0 Å². The maximum Gasteiger partial charge on any atom is 0.153 e. The van der Waals surface area contributed by atoms with Gasteiger partial charge in [-0.05, 0) is 59.9 Å². The Balaban J connectivity index is 2.26. The van der Waals surface area contributed by atoms with E-state index < -0.39 is 0 Å². The lowest BCUT2D eigenvalue weighted by Gasteiger charge is -2.17. The minimum absolute atomic E-state index is 0.191. The second-order valence-corrected chi connectivity index (χ2v) is 5.60. The Hall–Kier alpha value is -1.20. The molecule has 0 radical (unpaired) electrons. The van der Waals surface area contributed by atoms with E-state index in [2.05, 4.69) is 63.6 Å². The Morgan fingerprint density at radius 3 is 2.58 bits per heavy atom. The first-order chi connectivity index (χ1) is 9.02. The molecule has 2 rings (SSSR count). The zero-order chi connectivity index (χ0) is 14.0. The normalized spacial score (nSPS) is 12.7. The molecule has 1 N–H and O–H groups in total. The zero-order valence-electron chi connectivity index (χ0n) is 11.7. The molecular formula is C14H19BrN4. The highest BCUT2D eigenvalue weighted by atomic mass is 79.9. The molecule has 0 aliphatic carbocycles. The lowest BCUT2D eigenvalue weighted by Crippen LogP contribution is -2.22. The van der Waals surface area contributed by atoms with E-state index in [1.807, 2.05) is 18.8 Å². The van der Waals surface area contributed by atoms with Crippen LogP contribution in [-0.2, 0) is 13.5 Å². The van der Waals surface area contributed by atoms with Gasteiger partial charge in [-0.15, -0.1) is 5.10 Å². The Labute approximate surface area is 122 Å². The van der Waals surface area contributed by atoms with Crippen molar-refractivity contribution in [3.05, 3.63) is 45.2 Å². The number of benzene rings is 1. The fourth-order valence-corrected chi connectivity index (χ4v) is 2.81. The lowest BCUT2D eigenvalue weighted by atomic mass is 9.99. The second kappa shape index (κ2) is 5.84. The molecule has 1 atom stereocenters. The average molecular weight is 323 g/mol. The van der Waals surface area contributed by atoms with E-state index in [0.29, 0.717) is 0 Å². The van der Waals surface area contributed by atoms with Crippen LogP contribution in [0.1, 0.15) is 28.4 Å². The van der Waals surface area contributed by atoms with Crippen LogP contribution in [0.15, 0.2) is 22.8 Å². The highest BCUT2D eigenvalue weighted by molar-refractivity contribution is 9.10. The molecule has 0 saturated heterocycles. The number of likely N-dealkylation sites (N-methyl/N-ethyl adjacent to an activating group) is 1. The van der Waals surface area contributed by atoms with E-state index in [1.54, 1.807) is 0 Å². The van der Waals surface area contributed by atoms with Gasteiger partial charge in [0.2, 0.25) is 0 Å². The molecule has 1 heterocycles. The average Bonchev–Trinajstić information content (AvgIpc) is 2.71. The zero-order valence-corrected chi connectivity index (χ0v) is 13.3. The number of halogens is 1. The molecule has 0 aliphatic rings. The van der Waals surface area contributed by atoms with Gasteiger partial charge in [0.05, 0.1) is 11.7 Å². The predicted octanol–water partition coefficient (Wildman–Crippen LogP) is 2.70. The summed E-state index contributed by atoms with van der Waals surface area (Å²) < 4.78 is 2.62. The van der Waals surface area contributed by atoms with Crippen molar-refractivity contribution in [1.82, 2.24) is 20.3 Å². The van der Waals surface area contributed by atoms with Crippen molar-refractivity contribution in [3.63, 3.8) is 0 Å². The molecule has 19 heavy (non-hydrogen) atoms. The number of aromatic nitrogens is 3. The highest BCUT2D eigenvalue weighted by Gasteiger charge is 2.19. The largest absolute Gasteiger partial charge is 0.311 e. The smallest absolute Gasteiger partial charge is 0.153 e. The number of rotatable bonds is 4. The van der Waals surface area contributed by atoms with Gasteiger partial charge in [-0.1, -0.05) is 23.4 Å². The maximum absolute atomic E-state index is 4.05. The summed E-state index contributed by atoms with van der Waals surface area (Å²) >= 11 is 3.46. The van der Waals surface area contributed by atoms with Gasteiger partial charge in [0.25, 0.3) is 0 Å². The topological polar surface area (TPSA) is 42.7 Å². The summed E-state index contributed by atoms with van der Waals surface area (Å²) in [6, 6.07) is 6.80. The molecule has 0 aliphatic heterocycles. The number of hydrogen-bond donors (Lipinski definition) is 1. The van der Waals surface area contributed by atoms with Gasteiger partial charge in [-0.2, -0.15) is 0 Å². The summed E-state index contributed by atoms with van der Waals surface area (Å²) in [6.45, 7) is 4.28. The van der Waals surface area contributed by atoms with Gasteiger partial charge in [0.15, 0.2) is 4.60 Å². The van der Waals surface area contributed by atoms with E-state index >= 15 is 0 Å². The molecule has 2 aromatic rings. The number of nitrogens with zero attached hydrogens (tertiary/aromatic N) is 3. The fraction of sp³-hybridized carbons (Fsp3) is 0.429. The molecule has 0 spiro atoms. The van der Waals surface area contributed by atoms with Gasteiger partial charge in [-0.25, -0.2) is 4.68 Å². The molecule has 0 fully saturated rings. The summed E-state index contributed by atoms with van der Waals surface area (Å²) in [5, 5.41) is 11.4. The molecule has 1 aromatic carbocycles. The third kappa shape index (κ3) is 3.04. The van der Waals surface area contributed by atoms with Crippen LogP contribution in [0.3, 0.4) is 0 Å². The van der Waals surface area contributed by atoms with Crippen LogP contribution in [0.5, 0.6) is 0 Å². The van der Waals surface area contributed by atoms with Crippen molar-refractivity contribution in [3.8, 4) is 0 Å². The van der Waals surface area contributed by atoms with Crippen LogP contribution in [-0.4, -0.2) is 22.0 Å². The minimum Gasteiger partial charge on any atom is -0.311 e. The van der Waals surface area contributed by atoms with Gasteiger partial charge < -0.3 is 5.32 Å². The molecule has 0 saturated carbocycles. The molecule has 1 unspecified atom stereocenters. The Kier molecular flexibility index (Phi) is 4.37. The molecule has 5 heteroatoms. The van der Waals surface area contributed by atoms with Crippen LogP contribution in [0.25, 0.3) is 0 Å². The first-order valence-electron chi connectivity index (χ1n) is 6.31. The number of aryl methyl sites for hydroxylation is 3. The van der Waals surface area contributed by atoms with Crippen molar-refractivity contribution in [2.45, 2.75) is 26.3 Å². The van der Waals surface area contributed by atoms with E-state index in [-0.39, 0.29) is 6.04 Å². The first-order valence-corrected chi connectivity index (χ1v) is 7.10. The summed E-state index contributed by atoms with van der Waals surface area (Å²) in [6.07, 6.45) is 0.914. The van der Waals surface area contributed by atoms with Crippen LogP contribution >= 0.6 is 15.9 Å². The SMILES string of the molecule is CNC(Cc1ccc(C)c(C)c1)c1c(Br)nnn1C. The molecule has 0 bridgehead atoms. The first kappa shape index (κ1) is 14.2. The standard InChI is InChI=1S/C14H19BrN4/c1-9-5-6-11(7-10(9)2)8-12(16-3)13-14(15)17-18-19(13)4/h5-7,12,16H,8H2,1-4H3. The summed E-state index contributed by atoms with van der Waals surface area (Å²) in [5.41, 5.74) is 5.04. The molecule has 1 aromatic heterocycles. The Morgan fingerprint density at radius 1 is 1.32 bits per heavy atom. The quantitative estimate of drug-likeness (QED) is 0.941. The summed E-state index contributed by atoms with van der Waals surface area (Å²) in [5.74, 6) is 0. The number of hydrogen-bond acceptors (Lipinski definition) is 3. The third-order valence-electron chi connectivity index (χ3n) is 3.52. The number of nitrogens with one attached hydrogen (secondary N) is 1. The maximum atomic E-state index is 4.05. The van der Waals surface area contributed by atoms with Crippen LogP contribution in [0.4, 0.5) is 0 Å². The molecular weight excluding hydrogens is 304 g/mol. The van der Waals surface area contributed by atoms with Crippen molar-refractivity contribution in [1.29, 1.82) is 0 Å². The van der Waals surface area contributed by atoms with E-state index in [1.165, 1.54) is 16.7 Å². The molecule has 0 amide bonds. The summed E-state index contributed by atoms with van der Waals surface area (Å²) in [4.78, 5) is 0. The van der Waals surface area contributed by atoms with Gasteiger partial charge >= 0.3 is 0 Å². The minimum atomic E-state index is 0.191. The summed E-state index contributed by atoms with van der Waals surface area (Å²) in [7, 11) is 3.88. The van der Waals surface area contributed by atoms with E-state index in [0.717, 1.165) is 16.7 Å². The third-order valence-corrected chi connectivity index (χ3v) is 4.08. The Morgan fingerprint density at radius 2 is 2.05 bits per heavy atom. The monoisotopic (exact) mass is 322 g/mol. The second-order valence-electron chi connectivity index (χ2n) is 4.85. The lowest BCUT2D eigenvalue weighted by molar-refractivity contribution is 0.533.